The molecule has 0 saturated heterocycles. The van der Waals surface area contributed by atoms with Crippen molar-refractivity contribution in [2.45, 2.75) is 219 Å². The molecular formula is C53H89NO5. The lowest BCUT2D eigenvalue weighted by atomic mass is 10.0. The molecule has 0 aromatic rings. The summed E-state index contributed by atoms with van der Waals surface area (Å²) in [7, 11) is 0. The van der Waals surface area contributed by atoms with Gasteiger partial charge in [-0.05, 0) is 89.9 Å². The molecule has 3 N–H and O–H groups in total. The van der Waals surface area contributed by atoms with Gasteiger partial charge in [-0.2, -0.15) is 0 Å². The maximum atomic E-state index is 13.1. The van der Waals surface area contributed by atoms with E-state index < -0.39 is 18.2 Å². The fourth-order valence-corrected chi connectivity index (χ4v) is 6.63. The highest BCUT2D eigenvalue weighted by Crippen LogP contribution is 2.16. The van der Waals surface area contributed by atoms with Gasteiger partial charge in [0, 0.05) is 6.42 Å². The van der Waals surface area contributed by atoms with Gasteiger partial charge < -0.3 is 20.3 Å². The van der Waals surface area contributed by atoms with Crippen molar-refractivity contribution < 1.29 is 24.5 Å². The van der Waals surface area contributed by atoms with Crippen molar-refractivity contribution in [1.82, 2.24) is 5.32 Å². The van der Waals surface area contributed by atoms with Crippen LogP contribution >= 0.6 is 0 Å². The minimum absolute atomic E-state index is 0.0350. The first-order valence-electron chi connectivity index (χ1n) is 24.0. The van der Waals surface area contributed by atoms with Crippen LogP contribution in [0.3, 0.4) is 0 Å². The van der Waals surface area contributed by atoms with E-state index in [9.17, 15) is 19.8 Å². The second-order valence-electron chi connectivity index (χ2n) is 15.8. The molecule has 3 unspecified atom stereocenters. The molecule has 0 saturated carbocycles. The van der Waals surface area contributed by atoms with Crippen LogP contribution < -0.4 is 5.32 Å². The minimum atomic E-state index is -0.806. The van der Waals surface area contributed by atoms with Crippen LogP contribution in [0, 0.1) is 0 Å². The number of unbranched alkanes of at least 4 members (excludes halogenated alkanes) is 15. The Morgan fingerprint density at radius 1 is 0.525 bits per heavy atom. The number of amides is 1. The third-order valence-corrected chi connectivity index (χ3v) is 10.2. The number of hydrogen-bond donors (Lipinski definition) is 3. The Morgan fingerprint density at radius 3 is 1.58 bits per heavy atom. The molecule has 0 radical (unpaired) electrons. The summed E-state index contributed by atoms with van der Waals surface area (Å²) >= 11 is 0. The first-order chi connectivity index (χ1) is 29.0. The Balaban J connectivity index is 4.66. The Morgan fingerprint density at radius 2 is 1.00 bits per heavy atom. The number of nitrogens with one attached hydrogen (secondary N) is 1. The first-order valence-corrected chi connectivity index (χ1v) is 24.0. The fourth-order valence-electron chi connectivity index (χ4n) is 6.63. The van der Waals surface area contributed by atoms with Crippen molar-refractivity contribution in [2.75, 3.05) is 6.61 Å². The first kappa shape index (κ1) is 55.8. The zero-order chi connectivity index (χ0) is 43.1. The second kappa shape index (κ2) is 45.9. The molecule has 0 bridgehead atoms. The number of allylic oxidation sites excluding steroid dienone is 16. The molecule has 336 valence electrons. The van der Waals surface area contributed by atoms with Crippen LogP contribution in [0.1, 0.15) is 201 Å². The van der Waals surface area contributed by atoms with Crippen molar-refractivity contribution in [3.05, 3.63) is 97.2 Å². The molecule has 0 rings (SSSR count). The molecule has 6 heteroatoms. The number of rotatable bonds is 41. The Bertz CT molecular complexity index is 1190. The van der Waals surface area contributed by atoms with Gasteiger partial charge in [-0.15, -0.1) is 0 Å². The maximum Gasteiger partial charge on any atom is 0.306 e. The van der Waals surface area contributed by atoms with Gasteiger partial charge in [0.2, 0.25) is 5.91 Å². The van der Waals surface area contributed by atoms with Crippen LogP contribution in [0.5, 0.6) is 0 Å². The Kier molecular flexibility index (Phi) is 43.4. The standard InChI is InChI=1S/C53H89NO5/c1-4-7-10-13-16-19-22-23-24-25-26-27-28-29-31-34-37-40-43-46-53(58)59-49(44-41-38-35-32-30-20-17-14-11-8-5-2)47-52(57)54-50(48-55)51(56)45-42-39-36-33-21-18-15-12-9-6-3/h7-8,10-11,14,16-17,19-20,23-24,26-27,29-31,49-51,55-56H,4-6,9,12-13,15,18,21-22,25,28,32-48H2,1-3H3,(H,54,57)/b10-7-,11-8+,17-14+,19-16-,24-23-,27-26-,30-20-,31-29-. The highest BCUT2D eigenvalue weighted by molar-refractivity contribution is 5.77. The average molecular weight is 820 g/mol. The van der Waals surface area contributed by atoms with Crippen molar-refractivity contribution in [2.24, 2.45) is 0 Å². The van der Waals surface area contributed by atoms with E-state index in [1.165, 1.54) is 44.9 Å². The van der Waals surface area contributed by atoms with E-state index in [1.54, 1.807) is 0 Å². The smallest absolute Gasteiger partial charge is 0.306 e. The van der Waals surface area contributed by atoms with Gasteiger partial charge in [-0.3, -0.25) is 9.59 Å². The summed E-state index contributed by atoms with van der Waals surface area (Å²) in [5.41, 5.74) is 0. The molecule has 59 heavy (non-hydrogen) atoms. The summed E-state index contributed by atoms with van der Waals surface area (Å²) in [4.78, 5) is 26.0. The molecule has 0 heterocycles. The molecular weight excluding hydrogens is 731 g/mol. The summed E-state index contributed by atoms with van der Waals surface area (Å²) in [6.07, 6.45) is 60.4. The highest BCUT2D eigenvalue weighted by Gasteiger charge is 2.24. The lowest BCUT2D eigenvalue weighted by Gasteiger charge is -2.24. The molecule has 0 fully saturated rings. The van der Waals surface area contributed by atoms with Gasteiger partial charge in [0.15, 0.2) is 0 Å². The SMILES string of the molecule is CC/C=C\C/C=C\C/C=C\C/C=C\C/C=C\CCCCCC(=O)OC(CCCCC\C=C/C=C/C=C/CC)CC(=O)NC(CO)C(O)CCCCCCCCCCCC. The van der Waals surface area contributed by atoms with Crippen LogP contribution in [0.2, 0.25) is 0 Å². The fraction of sp³-hybridized carbons (Fsp3) is 0.660. The van der Waals surface area contributed by atoms with E-state index in [1.807, 2.05) is 12.2 Å². The van der Waals surface area contributed by atoms with Crippen LogP contribution in [-0.4, -0.2) is 46.9 Å². The zero-order valence-corrected chi connectivity index (χ0v) is 38.1. The molecule has 0 aliphatic rings. The minimum Gasteiger partial charge on any atom is -0.462 e. The number of aliphatic hydroxyl groups is 2. The molecule has 6 nitrogen and oxygen atoms in total. The Hall–Kier alpha value is -3.22. The predicted octanol–water partition coefficient (Wildman–Crippen LogP) is 14.2. The highest BCUT2D eigenvalue weighted by atomic mass is 16.5. The second-order valence-corrected chi connectivity index (χ2v) is 15.8. The predicted molar refractivity (Wildman–Crippen MR) is 254 cm³/mol. The molecule has 0 aromatic carbocycles. The quantitative estimate of drug-likeness (QED) is 0.0247. The molecule has 1 amide bonds. The number of carbonyl (C=O) groups is 2. The lowest BCUT2D eigenvalue weighted by molar-refractivity contribution is -0.151. The van der Waals surface area contributed by atoms with Crippen LogP contribution in [-0.2, 0) is 14.3 Å². The number of esters is 1. The topological polar surface area (TPSA) is 95.9 Å². The molecule has 0 aliphatic carbocycles. The van der Waals surface area contributed by atoms with Gasteiger partial charge in [0.1, 0.15) is 6.10 Å². The van der Waals surface area contributed by atoms with Crippen molar-refractivity contribution >= 4 is 11.9 Å². The van der Waals surface area contributed by atoms with Crippen molar-refractivity contribution in [1.29, 1.82) is 0 Å². The number of ether oxygens (including phenoxy) is 1. The van der Waals surface area contributed by atoms with E-state index in [-0.39, 0.29) is 24.9 Å². The zero-order valence-electron chi connectivity index (χ0n) is 38.1. The third kappa shape index (κ3) is 41.3. The van der Waals surface area contributed by atoms with Gasteiger partial charge in [0.25, 0.3) is 0 Å². The lowest BCUT2D eigenvalue weighted by Crippen LogP contribution is -2.46. The van der Waals surface area contributed by atoms with Crippen LogP contribution in [0.4, 0.5) is 0 Å². The molecule has 0 spiro atoms. The number of aliphatic hydroxyl groups excluding tert-OH is 2. The third-order valence-electron chi connectivity index (χ3n) is 10.2. The van der Waals surface area contributed by atoms with Gasteiger partial charge in [-0.1, -0.05) is 195 Å². The Labute approximate surface area is 363 Å². The number of hydrogen-bond acceptors (Lipinski definition) is 5. The van der Waals surface area contributed by atoms with Gasteiger partial charge in [0.05, 0.1) is 25.2 Å². The summed E-state index contributed by atoms with van der Waals surface area (Å²) in [6, 6.07) is -0.723. The molecule has 3 atom stereocenters. The largest absolute Gasteiger partial charge is 0.462 e. The van der Waals surface area contributed by atoms with Crippen LogP contribution in [0.15, 0.2) is 97.2 Å². The van der Waals surface area contributed by atoms with E-state index in [4.69, 9.17) is 4.74 Å². The monoisotopic (exact) mass is 820 g/mol. The van der Waals surface area contributed by atoms with E-state index in [0.717, 1.165) is 109 Å². The molecule has 0 aliphatic heterocycles. The van der Waals surface area contributed by atoms with E-state index >= 15 is 0 Å². The summed E-state index contributed by atoms with van der Waals surface area (Å²) in [5.74, 6) is -0.558. The summed E-state index contributed by atoms with van der Waals surface area (Å²) in [5, 5.41) is 23.6. The summed E-state index contributed by atoms with van der Waals surface area (Å²) < 4.78 is 5.88. The molecule has 0 aromatic heterocycles. The maximum absolute atomic E-state index is 13.1. The van der Waals surface area contributed by atoms with Crippen LogP contribution in [0.25, 0.3) is 0 Å². The van der Waals surface area contributed by atoms with Crippen molar-refractivity contribution in [3.8, 4) is 0 Å². The number of carbonyl (C=O) groups excluding carboxylic acids is 2. The van der Waals surface area contributed by atoms with E-state index in [0.29, 0.717) is 19.3 Å². The summed E-state index contributed by atoms with van der Waals surface area (Å²) in [6.45, 7) is 6.18. The average Bonchev–Trinajstić information content (AvgIpc) is 3.23. The van der Waals surface area contributed by atoms with Crippen molar-refractivity contribution in [3.63, 3.8) is 0 Å². The van der Waals surface area contributed by atoms with Gasteiger partial charge >= 0.3 is 5.97 Å². The normalized spacial score (nSPS) is 14.2. The van der Waals surface area contributed by atoms with Gasteiger partial charge in [-0.25, -0.2) is 0 Å². The van der Waals surface area contributed by atoms with E-state index in [2.05, 4.69) is 111 Å².